The number of amides is 1. The number of hydrogen-bond donors (Lipinski definition) is 2. The molecule has 3 rings (SSSR count). The molecule has 0 aromatic heterocycles. The van der Waals surface area contributed by atoms with Crippen molar-refractivity contribution < 1.29 is 4.79 Å². The Hall–Kier alpha value is -2.00. The largest absolute Gasteiger partial charge is 0.382 e. The van der Waals surface area contributed by atoms with Crippen molar-refractivity contribution in [2.75, 3.05) is 5.32 Å². The minimum atomic E-state index is -0.502. The van der Waals surface area contributed by atoms with E-state index in [0.717, 1.165) is 24.9 Å². The number of nitrogens with two attached hydrogens (primary N) is 1. The van der Waals surface area contributed by atoms with E-state index in [1.54, 1.807) is 12.1 Å². The van der Waals surface area contributed by atoms with E-state index < -0.39 is 5.91 Å². The average Bonchev–Trinajstić information content (AvgIpc) is 2.47. The number of carbonyl (C=O) groups excluding carboxylic acids is 1. The van der Waals surface area contributed by atoms with Crippen molar-refractivity contribution in [2.45, 2.75) is 25.3 Å². The number of benzene rings is 2. The fourth-order valence-corrected chi connectivity index (χ4v) is 3.14. The molecular weight excluding hydrogens is 284 g/mol. The standard InChI is InChI=1S/C17H17ClN2O/c18-16-10-14(7-8-15(16)17(19)21)20-13-6-5-11-3-1-2-4-12(11)9-13/h1-4,7-8,10,13,20H,5-6,9H2,(H2,19,21). The third-order valence-electron chi connectivity index (χ3n) is 3.95. The Labute approximate surface area is 129 Å². The van der Waals surface area contributed by atoms with Crippen LogP contribution in [0.5, 0.6) is 0 Å². The van der Waals surface area contributed by atoms with E-state index in [1.807, 2.05) is 6.07 Å². The van der Waals surface area contributed by atoms with Crippen molar-refractivity contribution in [2.24, 2.45) is 5.73 Å². The Morgan fingerprint density at radius 2 is 1.95 bits per heavy atom. The zero-order chi connectivity index (χ0) is 14.8. The Kier molecular flexibility index (Phi) is 3.84. The first-order chi connectivity index (χ1) is 10.1. The van der Waals surface area contributed by atoms with Gasteiger partial charge in [0.15, 0.2) is 0 Å². The van der Waals surface area contributed by atoms with Crippen LogP contribution in [0.25, 0.3) is 0 Å². The summed E-state index contributed by atoms with van der Waals surface area (Å²) in [5.41, 5.74) is 9.39. The predicted octanol–water partition coefficient (Wildman–Crippen LogP) is 3.41. The molecular formula is C17H17ClN2O. The smallest absolute Gasteiger partial charge is 0.250 e. The number of carbonyl (C=O) groups is 1. The van der Waals surface area contributed by atoms with E-state index in [9.17, 15) is 4.79 Å². The second-order valence-corrected chi connectivity index (χ2v) is 5.82. The molecule has 0 aliphatic heterocycles. The molecule has 0 heterocycles. The molecule has 1 amide bonds. The van der Waals surface area contributed by atoms with Crippen molar-refractivity contribution >= 4 is 23.2 Å². The predicted molar refractivity (Wildman–Crippen MR) is 85.8 cm³/mol. The number of nitrogens with one attached hydrogen (secondary N) is 1. The highest BCUT2D eigenvalue weighted by atomic mass is 35.5. The van der Waals surface area contributed by atoms with E-state index in [2.05, 4.69) is 29.6 Å². The van der Waals surface area contributed by atoms with Crippen LogP contribution in [-0.2, 0) is 12.8 Å². The first-order valence-electron chi connectivity index (χ1n) is 7.06. The lowest BCUT2D eigenvalue weighted by atomic mass is 9.88. The molecule has 0 fully saturated rings. The highest BCUT2D eigenvalue weighted by Crippen LogP contribution is 2.26. The molecule has 0 saturated heterocycles. The second-order valence-electron chi connectivity index (χ2n) is 5.41. The van der Waals surface area contributed by atoms with Gasteiger partial charge >= 0.3 is 0 Å². The first-order valence-corrected chi connectivity index (χ1v) is 7.44. The van der Waals surface area contributed by atoms with Gasteiger partial charge in [0, 0.05) is 11.7 Å². The molecule has 1 aliphatic carbocycles. The summed E-state index contributed by atoms with van der Waals surface area (Å²) < 4.78 is 0. The zero-order valence-corrected chi connectivity index (χ0v) is 12.4. The molecule has 1 unspecified atom stereocenters. The molecule has 1 aliphatic rings. The zero-order valence-electron chi connectivity index (χ0n) is 11.6. The van der Waals surface area contributed by atoms with Gasteiger partial charge in [-0.1, -0.05) is 35.9 Å². The fraction of sp³-hybridized carbons (Fsp3) is 0.235. The highest BCUT2D eigenvalue weighted by Gasteiger charge is 2.18. The lowest BCUT2D eigenvalue weighted by Crippen LogP contribution is -2.27. The van der Waals surface area contributed by atoms with Gasteiger partial charge in [-0.2, -0.15) is 0 Å². The van der Waals surface area contributed by atoms with Crippen molar-refractivity contribution in [3.63, 3.8) is 0 Å². The van der Waals surface area contributed by atoms with E-state index >= 15 is 0 Å². The molecule has 4 heteroatoms. The monoisotopic (exact) mass is 300 g/mol. The van der Waals surface area contributed by atoms with Gasteiger partial charge in [0.2, 0.25) is 5.91 Å². The number of aryl methyl sites for hydroxylation is 1. The van der Waals surface area contributed by atoms with Gasteiger partial charge < -0.3 is 11.1 Å². The molecule has 0 spiro atoms. The summed E-state index contributed by atoms with van der Waals surface area (Å²) >= 11 is 6.08. The van der Waals surface area contributed by atoms with Gasteiger partial charge in [-0.05, 0) is 48.6 Å². The van der Waals surface area contributed by atoms with Crippen LogP contribution in [0.3, 0.4) is 0 Å². The van der Waals surface area contributed by atoms with Gasteiger partial charge in [0.1, 0.15) is 0 Å². The Morgan fingerprint density at radius 1 is 1.19 bits per heavy atom. The summed E-state index contributed by atoms with van der Waals surface area (Å²) in [4.78, 5) is 11.2. The molecule has 0 bridgehead atoms. The lowest BCUT2D eigenvalue weighted by molar-refractivity contribution is 0.100. The van der Waals surface area contributed by atoms with Gasteiger partial charge in [-0.3, -0.25) is 4.79 Å². The van der Waals surface area contributed by atoms with Gasteiger partial charge in [0.25, 0.3) is 0 Å². The van der Waals surface area contributed by atoms with Crippen LogP contribution in [0.1, 0.15) is 27.9 Å². The van der Waals surface area contributed by atoms with Gasteiger partial charge in [0.05, 0.1) is 10.6 Å². The van der Waals surface area contributed by atoms with Crippen molar-refractivity contribution in [3.05, 3.63) is 64.2 Å². The number of rotatable bonds is 3. The van der Waals surface area contributed by atoms with Crippen LogP contribution in [0.2, 0.25) is 5.02 Å². The molecule has 1 atom stereocenters. The van der Waals surface area contributed by atoms with Gasteiger partial charge in [-0.15, -0.1) is 0 Å². The summed E-state index contributed by atoms with van der Waals surface area (Å²) in [5.74, 6) is -0.502. The SMILES string of the molecule is NC(=O)c1ccc(NC2CCc3ccccc3C2)cc1Cl. The van der Waals surface area contributed by atoms with Crippen molar-refractivity contribution in [1.82, 2.24) is 0 Å². The second kappa shape index (κ2) is 5.78. The summed E-state index contributed by atoms with van der Waals surface area (Å²) in [6.45, 7) is 0. The van der Waals surface area contributed by atoms with Crippen LogP contribution in [0.4, 0.5) is 5.69 Å². The minimum absolute atomic E-state index is 0.358. The number of primary amides is 1. The van der Waals surface area contributed by atoms with E-state index in [4.69, 9.17) is 17.3 Å². The summed E-state index contributed by atoms with van der Waals surface area (Å²) in [6.07, 6.45) is 3.18. The molecule has 3 nitrogen and oxygen atoms in total. The first kappa shape index (κ1) is 14.0. The topological polar surface area (TPSA) is 55.1 Å². The molecule has 3 N–H and O–H groups in total. The molecule has 108 valence electrons. The number of halogens is 1. The maximum absolute atomic E-state index is 11.2. The quantitative estimate of drug-likeness (QED) is 0.912. The number of hydrogen-bond acceptors (Lipinski definition) is 2. The van der Waals surface area contributed by atoms with Crippen LogP contribution >= 0.6 is 11.6 Å². The maximum atomic E-state index is 11.2. The Morgan fingerprint density at radius 3 is 2.67 bits per heavy atom. The molecule has 0 radical (unpaired) electrons. The number of anilines is 1. The molecule has 2 aromatic carbocycles. The van der Waals surface area contributed by atoms with E-state index in [-0.39, 0.29) is 0 Å². The van der Waals surface area contributed by atoms with E-state index in [1.165, 1.54) is 11.1 Å². The van der Waals surface area contributed by atoms with Gasteiger partial charge in [-0.25, -0.2) is 0 Å². The Bertz CT molecular complexity index is 684. The van der Waals surface area contributed by atoms with Crippen molar-refractivity contribution in [3.8, 4) is 0 Å². The van der Waals surface area contributed by atoms with Crippen LogP contribution in [-0.4, -0.2) is 11.9 Å². The van der Waals surface area contributed by atoms with E-state index in [0.29, 0.717) is 16.6 Å². The normalized spacial score (nSPS) is 17.1. The summed E-state index contributed by atoms with van der Waals surface area (Å²) in [6, 6.07) is 14.2. The third kappa shape index (κ3) is 3.03. The van der Waals surface area contributed by atoms with Crippen molar-refractivity contribution in [1.29, 1.82) is 0 Å². The Balaban J connectivity index is 1.73. The number of fused-ring (bicyclic) bond motifs is 1. The molecule has 0 saturated carbocycles. The highest BCUT2D eigenvalue weighted by molar-refractivity contribution is 6.34. The molecule has 21 heavy (non-hydrogen) atoms. The lowest BCUT2D eigenvalue weighted by Gasteiger charge is -2.26. The average molecular weight is 301 g/mol. The molecule has 2 aromatic rings. The fourth-order valence-electron chi connectivity index (χ4n) is 2.86. The van der Waals surface area contributed by atoms with Crippen LogP contribution in [0.15, 0.2) is 42.5 Å². The summed E-state index contributed by atoms with van der Waals surface area (Å²) in [7, 11) is 0. The minimum Gasteiger partial charge on any atom is -0.382 e. The maximum Gasteiger partial charge on any atom is 0.250 e. The third-order valence-corrected chi connectivity index (χ3v) is 4.26. The van der Waals surface area contributed by atoms with Crippen LogP contribution < -0.4 is 11.1 Å². The summed E-state index contributed by atoms with van der Waals surface area (Å²) in [5, 5.41) is 3.88. The van der Waals surface area contributed by atoms with Crippen LogP contribution in [0, 0.1) is 0 Å².